The fraction of sp³-hybridized carbons (Fsp3) is 0.400. The van der Waals surface area contributed by atoms with Crippen molar-refractivity contribution < 1.29 is 29.6 Å². The lowest BCUT2D eigenvalue weighted by Crippen LogP contribution is -2.34. The van der Waals surface area contributed by atoms with Gasteiger partial charge in [-0.2, -0.15) is 0 Å². The lowest BCUT2D eigenvalue weighted by molar-refractivity contribution is -0.183. The number of pyridine rings is 1. The maximum atomic E-state index is 11.5. The maximum Gasteiger partial charge on any atom is 0.359 e. The lowest BCUT2D eigenvalue weighted by Gasteiger charge is -2.14. The van der Waals surface area contributed by atoms with Gasteiger partial charge in [-0.15, -0.1) is 0 Å². The Hall–Kier alpha value is -1.54. The molecule has 1 fully saturated rings. The average molecular weight is 241 g/mol. The molecule has 1 aromatic rings. The molecule has 0 amide bonds. The van der Waals surface area contributed by atoms with Crippen LogP contribution in [0.15, 0.2) is 24.4 Å². The van der Waals surface area contributed by atoms with Gasteiger partial charge in [0.05, 0.1) is 0 Å². The molecule has 92 valence electrons. The predicted octanol–water partition coefficient (Wildman–Crippen LogP) is -1.37. The minimum atomic E-state index is -1.58. The summed E-state index contributed by atoms with van der Waals surface area (Å²) >= 11 is 0. The monoisotopic (exact) mass is 241 g/mol. The van der Waals surface area contributed by atoms with Gasteiger partial charge in [-0.1, -0.05) is 6.07 Å². The van der Waals surface area contributed by atoms with Gasteiger partial charge in [-0.3, -0.25) is 0 Å². The third-order valence-electron chi connectivity index (χ3n) is 2.29. The van der Waals surface area contributed by atoms with Crippen LogP contribution in [-0.4, -0.2) is 51.1 Å². The number of aromatic nitrogens is 1. The summed E-state index contributed by atoms with van der Waals surface area (Å²) in [6.45, 7) is 0. The lowest BCUT2D eigenvalue weighted by atomic mass is 10.2. The highest BCUT2D eigenvalue weighted by Crippen LogP contribution is 2.21. The Bertz CT molecular complexity index is 397. The van der Waals surface area contributed by atoms with Crippen molar-refractivity contribution in [2.24, 2.45) is 0 Å². The first-order chi connectivity index (χ1) is 8.09. The van der Waals surface area contributed by atoms with E-state index in [1.165, 1.54) is 12.3 Å². The summed E-state index contributed by atoms with van der Waals surface area (Å²) in [5.74, 6) is -0.809. The summed E-state index contributed by atoms with van der Waals surface area (Å²) in [6, 6.07) is 4.65. The summed E-state index contributed by atoms with van der Waals surface area (Å²) in [7, 11) is 0. The van der Waals surface area contributed by atoms with Crippen LogP contribution in [0.2, 0.25) is 0 Å². The van der Waals surface area contributed by atoms with Crippen LogP contribution in [0.3, 0.4) is 0 Å². The first-order valence-corrected chi connectivity index (χ1v) is 4.91. The second-order valence-electron chi connectivity index (χ2n) is 3.50. The van der Waals surface area contributed by atoms with E-state index < -0.39 is 30.8 Å². The summed E-state index contributed by atoms with van der Waals surface area (Å²) in [4.78, 5) is 15.3. The van der Waals surface area contributed by atoms with Crippen LogP contribution >= 0.6 is 0 Å². The summed E-state index contributed by atoms with van der Waals surface area (Å²) < 4.78 is 9.42. The first kappa shape index (κ1) is 11.9. The third-order valence-corrected chi connectivity index (χ3v) is 2.29. The average Bonchev–Trinajstić information content (AvgIpc) is 2.58. The zero-order chi connectivity index (χ0) is 12.4. The molecule has 0 aromatic carbocycles. The molecule has 4 unspecified atom stereocenters. The number of aliphatic hydroxyl groups is 3. The highest BCUT2D eigenvalue weighted by molar-refractivity contribution is 5.87. The number of aliphatic hydroxyl groups excluding tert-OH is 3. The van der Waals surface area contributed by atoms with Crippen molar-refractivity contribution in [3.8, 4) is 0 Å². The molecular weight excluding hydrogens is 230 g/mol. The van der Waals surface area contributed by atoms with Crippen molar-refractivity contribution in [3.63, 3.8) is 0 Å². The number of hydrogen-bond acceptors (Lipinski definition) is 7. The Morgan fingerprint density at radius 1 is 1.29 bits per heavy atom. The van der Waals surface area contributed by atoms with Crippen LogP contribution in [0.1, 0.15) is 10.5 Å². The zero-order valence-electron chi connectivity index (χ0n) is 8.63. The first-order valence-electron chi connectivity index (χ1n) is 4.91. The highest BCUT2D eigenvalue weighted by atomic mass is 16.8. The zero-order valence-corrected chi connectivity index (χ0v) is 8.63. The van der Waals surface area contributed by atoms with E-state index in [1.807, 2.05) is 0 Å². The van der Waals surface area contributed by atoms with Gasteiger partial charge in [0.2, 0.25) is 6.29 Å². The molecular formula is C10H11NO6. The van der Waals surface area contributed by atoms with Crippen molar-refractivity contribution in [2.45, 2.75) is 24.8 Å². The van der Waals surface area contributed by atoms with Gasteiger partial charge in [-0.25, -0.2) is 9.78 Å². The molecule has 7 heteroatoms. The van der Waals surface area contributed by atoms with Gasteiger partial charge in [0.15, 0.2) is 6.29 Å². The van der Waals surface area contributed by atoms with Crippen molar-refractivity contribution in [1.82, 2.24) is 4.98 Å². The van der Waals surface area contributed by atoms with Crippen LogP contribution < -0.4 is 0 Å². The summed E-state index contributed by atoms with van der Waals surface area (Å²) in [6.07, 6.45) is -4.57. The minimum absolute atomic E-state index is 0.0409. The molecule has 0 radical (unpaired) electrons. The Morgan fingerprint density at radius 2 is 2.06 bits per heavy atom. The quantitative estimate of drug-likeness (QED) is 0.548. The molecule has 3 N–H and O–H groups in total. The molecule has 1 aliphatic heterocycles. The van der Waals surface area contributed by atoms with Crippen LogP contribution in [0.5, 0.6) is 0 Å². The molecule has 1 saturated heterocycles. The molecule has 4 atom stereocenters. The highest BCUT2D eigenvalue weighted by Gasteiger charge is 2.44. The molecule has 17 heavy (non-hydrogen) atoms. The molecule has 1 aromatic heterocycles. The van der Waals surface area contributed by atoms with Crippen molar-refractivity contribution >= 4 is 5.97 Å². The molecule has 1 aliphatic rings. The number of esters is 1. The predicted molar refractivity (Wildman–Crippen MR) is 52.5 cm³/mol. The second kappa shape index (κ2) is 4.76. The number of carbonyl (C=O) groups excluding carboxylic acids is 1. The number of hydrogen-bond donors (Lipinski definition) is 3. The molecule has 0 saturated carbocycles. The normalized spacial score (nSPS) is 32.4. The fourth-order valence-corrected chi connectivity index (χ4v) is 1.37. The smallest absolute Gasteiger partial charge is 0.359 e. The van der Waals surface area contributed by atoms with E-state index in [2.05, 4.69) is 9.72 Å². The summed E-state index contributed by atoms with van der Waals surface area (Å²) in [5.41, 5.74) is 0.0409. The van der Waals surface area contributed by atoms with Crippen molar-refractivity contribution in [3.05, 3.63) is 30.1 Å². The Morgan fingerprint density at radius 3 is 2.59 bits per heavy atom. The number of carbonyl (C=O) groups is 1. The van der Waals surface area contributed by atoms with Crippen molar-refractivity contribution in [2.75, 3.05) is 0 Å². The Kier molecular flexibility index (Phi) is 3.34. The van der Waals surface area contributed by atoms with E-state index in [9.17, 15) is 15.0 Å². The molecule has 0 spiro atoms. The summed E-state index contributed by atoms with van der Waals surface area (Å²) in [5, 5.41) is 27.7. The minimum Gasteiger partial charge on any atom is -0.428 e. The molecule has 2 heterocycles. The molecule has 7 nitrogen and oxygen atoms in total. The number of nitrogens with zero attached hydrogens (tertiary/aromatic N) is 1. The van der Waals surface area contributed by atoms with E-state index in [0.29, 0.717) is 0 Å². The van der Waals surface area contributed by atoms with E-state index in [0.717, 1.165) is 0 Å². The fourth-order valence-electron chi connectivity index (χ4n) is 1.37. The van der Waals surface area contributed by atoms with Crippen LogP contribution in [-0.2, 0) is 9.47 Å². The number of rotatable bonds is 2. The van der Waals surface area contributed by atoms with Gasteiger partial charge in [0.1, 0.15) is 17.9 Å². The van der Waals surface area contributed by atoms with E-state index >= 15 is 0 Å². The van der Waals surface area contributed by atoms with Gasteiger partial charge in [0, 0.05) is 6.20 Å². The third kappa shape index (κ3) is 2.42. The van der Waals surface area contributed by atoms with E-state index in [-0.39, 0.29) is 5.69 Å². The van der Waals surface area contributed by atoms with Crippen LogP contribution in [0.4, 0.5) is 0 Å². The van der Waals surface area contributed by atoms with E-state index in [1.54, 1.807) is 12.1 Å². The maximum absolute atomic E-state index is 11.5. The van der Waals surface area contributed by atoms with Gasteiger partial charge < -0.3 is 24.8 Å². The van der Waals surface area contributed by atoms with E-state index in [4.69, 9.17) is 9.84 Å². The van der Waals surface area contributed by atoms with Crippen molar-refractivity contribution in [1.29, 1.82) is 0 Å². The molecule has 0 bridgehead atoms. The largest absolute Gasteiger partial charge is 0.428 e. The van der Waals surface area contributed by atoms with Crippen LogP contribution in [0, 0.1) is 0 Å². The van der Waals surface area contributed by atoms with Gasteiger partial charge in [-0.05, 0) is 12.1 Å². The standard InChI is InChI=1S/C10H11NO6/c12-6-7(13)10(17-9(6)15)16-8(14)5-3-1-2-4-11-5/h1-4,6-7,9-10,12-13,15H. The topological polar surface area (TPSA) is 109 Å². The molecule has 0 aliphatic carbocycles. The Balaban J connectivity index is 2.01. The molecule has 2 rings (SSSR count). The Labute approximate surface area is 96.2 Å². The SMILES string of the molecule is O=C(OC1OC(O)C(O)C1O)c1ccccn1. The second-order valence-corrected chi connectivity index (χ2v) is 3.50. The van der Waals surface area contributed by atoms with Crippen LogP contribution in [0.25, 0.3) is 0 Å². The van der Waals surface area contributed by atoms with Gasteiger partial charge in [0.25, 0.3) is 0 Å². The number of ether oxygens (including phenoxy) is 2. The van der Waals surface area contributed by atoms with Gasteiger partial charge >= 0.3 is 5.97 Å².